The highest BCUT2D eigenvalue weighted by Crippen LogP contribution is 2.41. The van der Waals surface area contributed by atoms with Gasteiger partial charge in [-0.25, -0.2) is 9.97 Å². The average molecular weight is 415 g/mol. The first-order valence-electron chi connectivity index (χ1n) is 11.4. The SMILES string of the molecule is CCCC(=O)N1CCN(c2nc([C@@H](C)CC)nc3sc4c(c23)CC[C@H](C)C4)CC1. The Kier molecular flexibility index (Phi) is 6.09. The molecule has 2 aromatic rings. The average Bonchev–Trinajstić information content (AvgIpc) is 3.10. The molecule has 1 fully saturated rings. The van der Waals surface area contributed by atoms with Gasteiger partial charge >= 0.3 is 0 Å². The molecule has 4 rings (SSSR count). The molecule has 1 amide bonds. The summed E-state index contributed by atoms with van der Waals surface area (Å²) in [5, 5.41) is 1.30. The third-order valence-electron chi connectivity index (χ3n) is 6.60. The Morgan fingerprint density at radius 3 is 2.66 bits per heavy atom. The van der Waals surface area contributed by atoms with E-state index in [1.807, 2.05) is 16.2 Å². The van der Waals surface area contributed by atoms with Gasteiger partial charge in [-0.2, -0.15) is 0 Å². The summed E-state index contributed by atoms with van der Waals surface area (Å²) in [5.41, 5.74) is 1.50. The van der Waals surface area contributed by atoms with Gasteiger partial charge in [0.15, 0.2) is 0 Å². The normalized spacial score (nSPS) is 20.8. The second-order valence-electron chi connectivity index (χ2n) is 8.86. The van der Waals surface area contributed by atoms with Crippen LogP contribution < -0.4 is 4.90 Å². The molecular weight excluding hydrogens is 380 g/mol. The molecule has 2 aliphatic rings. The summed E-state index contributed by atoms with van der Waals surface area (Å²) in [6.07, 6.45) is 6.20. The van der Waals surface area contributed by atoms with Crippen molar-refractivity contribution in [2.24, 2.45) is 5.92 Å². The highest BCUT2D eigenvalue weighted by molar-refractivity contribution is 7.19. The maximum atomic E-state index is 12.3. The van der Waals surface area contributed by atoms with Crippen LogP contribution in [0.15, 0.2) is 0 Å². The Morgan fingerprint density at radius 1 is 1.21 bits per heavy atom. The van der Waals surface area contributed by atoms with Gasteiger partial charge in [0.1, 0.15) is 16.5 Å². The molecule has 0 N–H and O–H groups in total. The van der Waals surface area contributed by atoms with E-state index in [1.165, 1.54) is 33.5 Å². The molecule has 3 heterocycles. The van der Waals surface area contributed by atoms with Crippen molar-refractivity contribution >= 4 is 33.3 Å². The number of amides is 1. The van der Waals surface area contributed by atoms with Crippen molar-refractivity contribution in [1.29, 1.82) is 0 Å². The van der Waals surface area contributed by atoms with E-state index in [9.17, 15) is 4.79 Å². The first-order valence-corrected chi connectivity index (χ1v) is 12.2. The minimum absolute atomic E-state index is 0.294. The Hall–Kier alpha value is -1.69. The number of carbonyl (C=O) groups excluding carboxylic acids is 1. The zero-order chi connectivity index (χ0) is 20.5. The summed E-state index contributed by atoms with van der Waals surface area (Å²) in [6, 6.07) is 0. The monoisotopic (exact) mass is 414 g/mol. The van der Waals surface area contributed by atoms with Crippen LogP contribution in [0.1, 0.15) is 75.6 Å². The molecule has 158 valence electrons. The number of nitrogens with zero attached hydrogens (tertiary/aromatic N) is 4. The molecule has 0 bridgehead atoms. The molecule has 0 unspecified atom stereocenters. The number of hydrogen-bond donors (Lipinski definition) is 0. The lowest BCUT2D eigenvalue weighted by atomic mass is 9.89. The maximum Gasteiger partial charge on any atom is 0.222 e. The third-order valence-corrected chi connectivity index (χ3v) is 7.75. The standard InChI is InChI=1S/C23H34N4OS/c1-5-7-19(28)26-10-12-27(13-11-26)22-20-17-9-8-15(3)14-18(17)29-23(20)25-21(24-22)16(4)6-2/h15-16H,5-14H2,1-4H3/t15-,16-/m0/s1. The molecule has 1 saturated heterocycles. The number of piperazine rings is 1. The number of carbonyl (C=O) groups is 1. The molecule has 0 saturated carbocycles. The fourth-order valence-electron chi connectivity index (χ4n) is 4.51. The Labute approximate surface area is 178 Å². The van der Waals surface area contributed by atoms with E-state index in [-0.39, 0.29) is 0 Å². The van der Waals surface area contributed by atoms with Crippen LogP contribution in [0.25, 0.3) is 10.2 Å². The van der Waals surface area contributed by atoms with E-state index in [4.69, 9.17) is 9.97 Å². The van der Waals surface area contributed by atoms with E-state index < -0.39 is 0 Å². The third kappa shape index (κ3) is 4.00. The zero-order valence-corrected chi connectivity index (χ0v) is 19.1. The van der Waals surface area contributed by atoms with Crippen molar-refractivity contribution in [3.05, 3.63) is 16.3 Å². The van der Waals surface area contributed by atoms with Gasteiger partial charge in [0.05, 0.1) is 5.39 Å². The first-order chi connectivity index (χ1) is 14.0. The molecule has 1 aliphatic heterocycles. The first kappa shape index (κ1) is 20.6. The summed E-state index contributed by atoms with van der Waals surface area (Å²) >= 11 is 1.89. The van der Waals surface area contributed by atoms with Gasteiger partial charge in [-0.3, -0.25) is 4.79 Å². The summed E-state index contributed by atoms with van der Waals surface area (Å²) in [7, 11) is 0. The molecule has 0 spiro atoms. The molecule has 0 aromatic carbocycles. The number of aryl methyl sites for hydroxylation is 1. The molecule has 6 heteroatoms. The summed E-state index contributed by atoms with van der Waals surface area (Å²) in [6.45, 7) is 12.2. The summed E-state index contributed by atoms with van der Waals surface area (Å²) < 4.78 is 0. The highest BCUT2D eigenvalue weighted by Gasteiger charge is 2.28. The van der Waals surface area contributed by atoms with Gasteiger partial charge in [0, 0.05) is 43.4 Å². The van der Waals surface area contributed by atoms with Crippen LogP contribution in [0.4, 0.5) is 5.82 Å². The van der Waals surface area contributed by atoms with Crippen molar-refractivity contribution in [3.8, 4) is 0 Å². The second-order valence-corrected chi connectivity index (χ2v) is 9.95. The van der Waals surface area contributed by atoms with Crippen molar-refractivity contribution in [2.75, 3.05) is 31.1 Å². The van der Waals surface area contributed by atoms with Gasteiger partial charge in [0.25, 0.3) is 0 Å². The number of thiophene rings is 1. The number of aromatic nitrogens is 2. The van der Waals surface area contributed by atoms with Crippen LogP contribution in [0.3, 0.4) is 0 Å². The molecule has 2 aromatic heterocycles. The Balaban J connectivity index is 1.70. The minimum Gasteiger partial charge on any atom is -0.352 e. The number of rotatable bonds is 5. The number of hydrogen-bond acceptors (Lipinski definition) is 5. The number of anilines is 1. The summed E-state index contributed by atoms with van der Waals surface area (Å²) in [5.74, 6) is 3.52. The van der Waals surface area contributed by atoms with Gasteiger partial charge in [-0.15, -0.1) is 11.3 Å². The van der Waals surface area contributed by atoms with Crippen LogP contribution in [0.2, 0.25) is 0 Å². The lowest BCUT2D eigenvalue weighted by Crippen LogP contribution is -2.49. The predicted molar refractivity (Wildman–Crippen MR) is 121 cm³/mol. The van der Waals surface area contributed by atoms with Gasteiger partial charge < -0.3 is 9.80 Å². The van der Waals surface area contributed by atoms with Crippen molar-refractivity contribution in [3.63, 3.8) is 0 Å². The predicted octanol–water partition coefficient (Wildman–Crippen LogP) is 4.78. The summed E-state index contributed by atoms with van der Waals surface area (Å²) in [4.78, 5) is 29.6. The molecule has 29 heavy (non-hydrogen) atoms. The largest absolute Gasteiger partial charge is 0.352 e. The second kappa shape index (κ2) is 8.58. The number of fused-ring (bicyclic) bond motifs is 3. The van der Waals surface area contributed by atoms with Crippen LogP contribution >= 0.6 is 11.3 Å². The van der Waals surface area contributed by atoms with E-state index in [0.717, 1.165) is 63.0 Å². The van der Waals surface area contributed by atoms with Crippen molar-refractivity contribution in [2.45, 2.75) is 72.1 Å². The van der Waals surface area contributed by atoms with Crippen LogP contribution in [0, 0.1) is 5.92 Å². The minimum atomic E-state index is 0.294. The van der Waals surface area contributed by atoms with E-state index in [2.05, 4.69) is 32.6 Å². The van der Waals surface area contributed by atoms with E-state index >= 15 is 0 Å². The Bertz CT molecular complexity index is 885. The van der Waals surface area contributed by atoms with Crippen molar-refractivity contribution < 1.29 is 4.79 Å². The van der Waals surface area contributed by atoms with Crippen LogP contribution in [-0.2, 0) is 17.6 Å². The van der Waals surface area contributed by atoms with Gasteiger partial charge in [-0.05, 0) is 43.6 Å². The Morgan fingerprint density at radius 2 is 1.97 bits per heavy atom. The quantitative estimate of drug-likeness (QED) is 0.707. The van der Waals surface area contributed by atoms with E-state index in [0.29, 0.717) is 18.2 Å². The zero-order valence-electron chi connectivity index (χ0n) is 18.3. The fraction of sp³-hybridized carbons (Fsp3) is 0.696. The fourth-order valence-corrected chi connectivity index (χ4v) is 5.89. The maximum absolute atomic E-state index is 12.3. The van der Waals surface area contributed by atoms with Crippen LogP contribution in [-0.4, -0.2) is 47.0 Å². The van der Waals surface area contributed by atoms with Gasteiger partial charge in [-0.1, -0.05) is 27.7 Å². The van der Waals surface area contributed by atoms with Crippen LogP contribution in [0.5, 0.6) is 0 Å². The van der Waals surface area contributed by atoms with Gasteiger partial charge in [0.2, 0.25) is 5.91 Å². The highest BCUT2D eigenvalue weighted by atomic mass is 32.1. The smallest absolute Gasteiger partial charge is 0.222 e. The topological polar surface area (TPSA) is 49.3 Å². The lowest BCUT2D eigenvalue weighted by Gasteiger charge is -2.36. The van der Waals surface area contributed by atoms with Crippen molar-refractivity contribution in [1.82, 2.24) is 14.9 Å². The molecular formula is C23H34N4OS. The van der Waals surface area contributed by atoms with E-state index in [1.54, 1.807) is 0 Å². The molecule has 5 nitrogen and oxygen atoms in total. The lowest BCUT2D eigenvalue weighted by molar-refractivity contribution is -0.131. The molecule has 2 atom stereocenters. The molecule has 0 radical (unpaired) electrons. The molecule has 1 aliphatic carbocycles.